The van der Waals surface area contributed by atoms with Crippen LogP contribution in [0.15, 0.2) is 12.1 Å². The lowest BCUT2D eigenvalue weighted by Gasteiger charge is -2.41. The molecule has 1 aromatic rings. The summed E-state index contributed by atoms with van der Waals surface area (Å²) in [5.41, 5.74) is -0.316. The predicted molar refractivity (Wildman–Crippen MR) is 129 cm³/mol. The maximum absolute atomic E-state index is 13.8. The van der Waals surface area contributed by atoms with Crippen molar-refractivity contribution in [2.45, 2.75) is 64.6 Å². The minimum atomic E-state index is -1.07. The number of nitrogens with zero attached hydrogens (tertiary/aromatic N) is 3. The second-order valence-electron chi connectivity index (χ2n) is 9.55. The highest BCUT2D eigenvalue weighted by Crippen LogP contribution is 2.41. The largest absolute Gasteiger partial charge is 0.476 e. The van der Waals surface area contributed by atoms with Crippen LogP contribution in [0.25, 0.3) is 0 Å². The SMILES string of the molecule is COCCCN1C(=O)C(C)(C)Oc2cc(Cl)c(C(=O)N(C(C)C)[C@@H]3CCCN(C(=O)O)C3)cc21. The Morgan fingerprint density at radius 1 is 1.35 bits per heavy atom. The number of benzene rings is 1. The summed E-state index contributed by atoms with van der Waals surface area (Å²) in [7, 11) is 1.60. The van der Waals surface area contributed by atoms with Gasteiger partial charge in [0.1, 0.15) is 5.75 Å². The lowest BCUT2D eigenvalue weighted by molar-refractivity contribution is -0.132. The minimum absolute atomic E-state index is 0.173. The van der Waals surface area contributed by atoms with Crippen LogP contribution in [0, 0.1) is 0 Å². The molecule has 0 unspecified atom stereocenters. The summed E-state index contributed by atoms with van der Waals surface area (Å²) in [4.78, 5) is 43.1. The van der Waals surface area contributed by atoms with Crippen molar-refractivity contribution >= 4 is 35.2 Å². The van der Waals surface area contributed by atoms with Crippen molar-refractivity contribution in [1.29, 1.82) is 0 Å². The summed E-state index contributed by atoms with van der Waals surface area (Å²) in [6, 6.07) is 2.77. The van der Waals surface area contributed by atoms with Gasteiger partial charge in [-0.05, 0) is 53.0 Å². The first-order valence-corrected chi connectivity index (χ1v) is 12.0. The molecule has 188 valence electrons. The second-order valence-corrected chi connectivity index (χ2v) is 9.95. The van der Waals surface area contributed by atoms with Crippen molar-refractivity contribution in [1.82, 2.24) is 9.80 Å². The molecule has 2 aliphatic rings. The molecule has 10 heteroatoms. The van der Waals surface area contributed by atoms with Crippen molar-refractivity contribution in [2.75, 3.05) is 38.3 Å². The van der Waals surface area contributed by atoms with Crippen LogP contribution < -0.4 is 9.64 Å². The van der Waals surface area contributed by atoms with E-state index < -0.39 is 11.7 Å². The molecule has 2 heterocycles. The lowest BCUT2D eigenvalue weighted by atomic mass is 9.99. The van der Waals surface area contributed by atoms with Crippen molar-refractivity contribution < 1.29 is 29.0 Å². The zero-order valence-corrected chi connectivity index (χ0v) is 21.2. The quantitative estimate of drug-likeness (QED) is 0.576. The molecule has 1 saturated heterocycles. The van der Waals surface area contributed by atoms with Gasteiger partial charge in [-0.2, -0.15) is 0 Å². The monoisotopic (exact) mass is 495 g/mol. The molecule has 0 saturated carbocycles. The van der Waals surface area contributed by atoms with E-state index in [0.29, 0.717) is 50.4 Å². The third-order valence-corrected chi connectivity index (χ3v) is 6.59. The van der Waals surface area contributed by atoms with Gasteiger partial charge in [0.15, 0.2) is 5.60 Å². The number of carbonyl (C=O) groups is 3. The second kappa shape index (κ2) is 10.4. The molecular weight excluding hydrogens is 462 g/mol. The Hall–Kier alpha value is -2.52. The Kier molecular flexibility index (Phi) is 7.98. The standard InChI is InChI=1S/C24H34ClN3O6/c1-15(2)28(16-8-6-9-26(14-16)23(31)32)21(29)17-12-19-20(13-18(17)25)34-24(3,4)22(30)27(19)10-7-11-33-5/h12-13,15-16H,6-11,14H2,1-5H3,(H,31,32)/t16-/m1/s1. The van der Waals surface area contributed by atoms with E-state index in [1.807, 2.05) is 13.8 Å². The first kappa shape index (κ1) is 26.1. The van der Waals surface area contributed by atoms with Gasteiger partial charge in [0.25, 0.3) is 11.8 Å². The van der Waals surface area contributed by atoms with Crippen LogP contribution in [-0.4, -0.2) is 83.8 Å². The Labute approximate surface area is 205 Å². The molecular formula is C24H34ClN3O6. The molecule has 0 aromatic heterocycles. The molecule has 0 bridgehead atoms. The highest BCUT2D eigenvalue weighted by atomic mass is 35.5. The maximum atomic E-state index is 13.8. The van der Waals surface area contributed by atoms with Gasteiger partial charge in [-0.15, -0.1) is 0 Å². The van der Waals surface area contributed by atoms with E-state index >= 15 is 0 Å². The van der Waals surface area contributed by atoms with Crippen LogP contribution in [0.3, 0.4) is 0 Å². The van der Waals surface area contributed by atoms with E-state index in [9.17, 15) is 19.5 Å². The van der Waals surface area contributed by atoms with E-state index in [1.165, 1.54) is 4.90 Å². The summed E-state index contributed by atoms with van der Waals surface area (Å²) in [6.07, 6.45) is 1.01. The van der Waals surface area contributed by atoms with Crippen LogP contribution in [0.4, 0.5) is 10.5 Å². The summed E-state index contributed by atoms with van der Waals surface area (Å²) in [5.74, 6) is -0.0644. The maximum Gasteiger partial charge on any atom is 0.407 e. The number of ether oxygens (including phenoxy) is 2. The highest BCUT2D eigenvalue weighted by molar-refractivity contribution is 6.34. The van der Waals surface area contributed by atoms with Crippen molar-refractivity contribution in [3.63, 3.8) is 0 Å². The fourth-order valence-corrected chi connectivity index (χ4v) is 4.89. The summed E-state index contributed by atoms with van der Waals surface area (Å²) < 4.78 is 11.1. The number of piperidine rings is 1. The number of carboxylic acid groups (broad SMARTS) is 1. The van der Waals surface area contributed by atoms with Gasteiger partial charge >= 0.3 is 6.09 Å². The molecule has 1 N–H and O–H groups in total. The smallest absolute Gasteiger partial charge is 0.407 e. The summed E-state index contributed by atoms with van der Waals surface area (Å²) in [5, 5.41) is 9.66. The number of hydrogen-bond acceptors (Lipinski definition) is 5. The molecule has 0 aliphatic carbocycles. The molecule has 34 heavy (non-hydrogen) atoms. The lowest BCUT2D eigenvalue weighted by Crippen LogP contribution is -2.54. The van der Waals surface area contributed by atoms with Gasteiger partial charge in [0.2, 0.25) is 0 Å². The predicted octanol–water partition coefficient (Wildman–Crippen LogP) is 3.87. The van der Waals surface area contributed by atoms with Crippen molar-refractivity contribution in [2.24, 2.45) is 0 Å². The number of carbonyl (C=O) groups excluding carboxylic acids is 2. The average molecular weight is 496 g/mol. The fraction of sp³-hybridized carbons (Fsp3) is 0.625. The summed E-state index contributed by atoms with van der Waals surface area (Å²) >= 11 is 6.57. The molecule has 9 nitrogen and oxygen atoms in total. The number of anilines is 1. The molecule has 0 spiro atoms. The number of halogens is 1. The van der Waals surface area contributed by atoms with E-state index in [0.717, 1.165) is 0 Å². The Bertz CT molecular complexity index is 951. The molecule has 1 fully saturated rings. The van der Waals surface area contributed by atoms with Crippen LogP contribution in [-0.2, 0) is 9.53 Å². The van der Waals surface area contributed by atoms with E-state index in [-0.39, 0.29) is 41.0 Å². The average Bonchev–Trinajstić information content (AvgIpc) is 2.76. The van der Waals surface area contributed by atoms with E-state index in [1.54, 1.807) is 42.9 Å². The highest BCUT2D eigenvalue weighted by Gasteiger charge is 2.42. The van der Waals surface area contributed by atoms with Gasteiger partial charge in [0, 0.05) is 45.5 Å². The van der Waals surface area contributed by atoms with Crippen LogP contribution in [0.5, 0.6) is 5.75 Å². The van der Waals surface area contributed by atoms with Crippen molar-refractivity contribution in [3.05, 3.63) is 22.7 Å². The number of rotatable bonds is 7. The van der Waals surface area contributed by atoms with Gasteiger partial charge in [-0.1, -0.05) is 11.6 Å². The van der Waals surface area contributed by atoms with E-state index in [4.69, 9.17) is 21.1 Å². The topological polar surface area (TPSA) is 99.6 Å². The molecule has 3 rings (SSSR count). The number of likely N-dealkylation sites (tertiary alicyclic amines) is 1. The normalized spacial score (nSPS) is 19.6. The molecule has 1 aromatic carbocycles. The zero-order chi connectivity index (χ0) is 25.2. The molecule has 3 amide bonds. The summed E-state index contributed by atoms with van der Waals surface area (Å²) in [6.45, 7) is 8.80. The van der Waals surface area contributed by atoms with Gasteiger partial charge in [-0.25, -0.2) is 4.79 Å². The van der Waals surface area contributed by atoms with Crippen LogP contribution in [0.2, 0.25) is 5.02 Å². The molecule has 0 radical (unpaired) electrons. The zero-order valence-electron chi connectivity index (χ0n) is 20.5. The first-order chi connectivity index (χ1) is 16.0. The fourth-order valence-electron chi connectivity index (χ4n) is 4.66. The van der Waals surface area contributed by atoms with Crippen LogP contribution >= 0.6 is 11.6 Å². The van der Waals surface area contributed by atoms with E-state index in [2.05, 4.69) is 0 Å². The minimum Gasteiger partial charge on any atom is -0.476 e. The Morgan fingerprint density at radius 3 is 2.68 bits per heavy atom. The first-order valence-electron chi connectivity index (χ1n) is 11.6. The number of methoxy groups -OCH3 is 1. The molecule has 1 atom stereocenters. The third kappa shape index (κ3) is 5.25. The van der Waals surface area contributed by atoms with Crippen LogP contribution in [0.1, 0.15) is 57.3 Å². The van der Waals surface area contributed by atoms with Gasteiger partial charge in [0.05, 0.1) is 22.3 Å². The van der Waals surface area contributed by atoms with Crippen molar-refractivity contribution in [3.8, 4) is 5.75 Å². The molecule has 2 aliphatic heterocycles. The number of hydrogen-bond donors (Lipinski definition) is 1. The van der Waals surface area contributed by atoms with Gasteiger partial charge in [-0.3, -0.25) is 9.59 Å². The Balaban J connectivity index is 1.98. The third-order valence-electron chi connectivity index (χ3n) is 6.28. The number of amides is 3. The Morgan fingerprint density at radius 2 is 2.06 bits per heavy atom. The number of fused-ring (bicyclic) bond motifs is 1. The van der Waals surface area contributed by atoms with Gasteiger partial charge < -0.3 is 29.3 Å².